The standard InChI is InChI=1S/C11H13BrN2S2/c1-2-7(5-13)11-14-8(6-15-11)9-3-4-10(12)16-9/h3-4,6-7H,2,5,13H2,1H3. The normalized spacial score (nSPS) is 12.9. The maximum absolute atomic E-state index is 5.73. The molecule has 0 saturated heterocycles. The third kappa shape index (κ3) is 2.53. The second kappa shape index (κ2) is 5.40. The van der Waals surface area contributed by atoms with Crippen molar-refractivity contribution in [3.63, 3.8) is 0 Å². The summed E-state index contributed by atoms with van der Waals surface area (Å²) in [4.78, 5) is 5.87. The fourth-order valence-corrected chi connectivity index (χ4v) is 3.92. The fourth-order valence-electron chi connectivity index (χ4n) is 1.48. The van der Waals surface area contributed by atoms with E-state index in [1.54, 1.807) is 22.7 Å². The highest BCUT2D eigenvalue weighted by Gasteiger charge is 2.13. The Hall–Kier alpha value is -0.230. The third-order valence-corrected chi connectivity index (χ3v) is 5.13. The van der Waals surface area contributed by atoms with E-state index in [0.717, 1.165) is 20.9 Å². The summed E-state index contributed by atoms with van der Waals surface area (Å²) in [6.07, 6.45) is 1.05. The van der Waals surface area contributed by atoms with Gasteiger partial charge in [-0.2, -0.15) is 0 Å². The van der Waals surface area contributed by atoms with Crippen LogP contribution < -0.4 is 5.73 Å². The minimum atomic E-state index is 0.405. The van der Waals surface area contributed by atoms with E-state index < -0.39 is 0 Å². The van der Waals surface area contributed by atoms with Crippen molar-refractivity contribution < 1.29 is 0 Å². The Kier molecular flexibility index (Phi) is 4.13. The van der Waals surface area contributed by atoms with E-state index in [9.17, 15) is 0 Å². The average Bonchev–Trinajstić information content (AvgIpc) is 2.89. The number of nitrogens with zero attached hydrogens (tertiary/aromatic N) is 1. The number of nitrogens with two attached hydrogens (primary N) is 1. The van der Waals surface area contributed by atoms with E-state index in [1.165, 1.54) is 4.88 Å². The predicted molar refractivity (Wildman–Crippen MR) is 75.2 cm³/mol. The Morgan fingerprint density at radius 2 is 2.31 bits per heavy atom. The van der Waals surface area contributed by atoms with Gasteiger partial charge >= 0.3 is 0 Å². The number of aromatic nitrogens is 1. The zero-order chi connectivity index (χ0) is 11.5. The molecular formula is C11H13BrN2S2. The molecule has 0 fully saturated rings. The van der Waals surface area contributed by atoms with Gasteiger partial charge in [0.1, 0.15) is 0 Å². The highest BCUT2D eigenvalue weighted by atomic mass is 79.9. The van der Waals surface area contributed by atoms with Crippen molar-refractivity contribution in [2.75, 3.05) is 6.54 Å². The molecule has 16 heavy (non-hydrogen) atoms. The molecule has 5 heteroatoms. The SMILES string of the molecule is CCC(CN)c1nc(-c2ccc(Br)s2)cs1. The Labute approximate surface area is 112 Å². The van der Waals surface area contributed by atoms with Gasteiger partial charge in [0.15, 0.2) is 0 Å². The predicted octanol–water partition coefficient (Wildman–Crippen LogP) is 4.09. The van der Waals surface area contributed by atoms with Gasteiger partial charge in [-0.3, -0.25) is 0 Å². The van der Waals surface area contributed by atoms with Crippen molar-refractivity contribution in [3.05, 3.63) is 26.3 Å². The van der Waals surface area contributed by atoms with Crippen LogP contribution in [0.25, 0.3) is 10.6 Å². The van der Waals surface area contributed by atoms with Crippen molar-refractivity contribution in [3.8, 4) is 10.6 Å². The molecular weight excluding hydrogens is 304 g/mol. The van der Waals surface area contributed by atoms with Crippen molar-refractivity contribution >= 4 is 38.6 Å². The Morgan fingerprint density at radius 3 is 2.88 bits per heavy atom. The van der Waals surface area contributed by atoms with Gasteiger partial charge < -0.3 is 5.73 Å². The number of halogens is 1. The van der Waals surface area contributed by atoms with Crippen LogP contribution in [-0.2, 0) is 0 Å². The molecule has 2 rings (SSSR count). The van der Waals surface area contributed by atoms with E-state index in [-0.39, 0.29) is 0 Å². The first kappa shape index (κ1) is 12.2. The maximum atomic E-state index is 5.73. The summed E-state index contributed by atoms with van der Waals surface area (Å²) in [5.74, 6) is 0.405. The van der Waals surface area contributed by atoms with Crippen LogP contribution in [0.5, 0.6) is 0 Å². The summed E-state index contributed by atoms with van der Waals surface area (Å²) in [5, 5.41) is 3.27. The topological polar surface area (TPSA) is 38.9 Å². The molecule has 0 radical (unpaired) electrons. The first-order chi connectivity index (χ1) is 7.74. The van der Waals surface area contributed by atoms with E-state index in [1.807, 2.05) is 0 Å². The lowest BCUT2D eigenvalue weighted by atomic mass is 10.1. The molecule has 0 aliphatic heterocycles. The van der Waals surface area contributed by atoms with Crippen LogP contribution in [0.3, 0.4) is 0 Å². The molecule has 0 amide bonds. The van der Waals surface area contributed by atoms with Gasteiger partial charge in [0.05, 0.1) is 19.4 Å². The number of thiazole rings is 1. The molecule has 1 atom stereocenters. The first-order valence-corrected chi connectivity index (χ1v) is 7.64. The molecule has 0 spiro atoms. The average molecular weight is 317 g/mol. The van der Waals surface area contributed by atoms with Crippen LogP contribution in [0, 0.1) is 0 Å². The third-order valence-electron chi connectivity index (χ3n) is 2.47. The van der Waals surface area contributed by atoms with Crippen LogP contribution in [-0.4, -0.2) is 11.5 Å². The van der Waals surface area contributed by atoms with E-state index in [4.69, 9.17) is 5.73 Å². The summed E-state index contributed by atoms with van der Waals surface area (Å²) in [5.41, 5.74) is 6.80. The van der Waals surface area contributed by atoms with Gasteiger partial charge in [0, 0.05) is 17.8 Å². The highest BCUT2D eigenvalue weighted by Crippen LogP contribution is 2.33. The Morgan fingerprint density at radius 1 is 1.50 bits per heavy atom. The monoisotopic (exact) mass is 316 g/mol. The molecule has 2 heterocycles. The molecule has 0 aliphatic carbocycles. The highest BCUT2D eigenvalue weighted by molar-refractivity contribution is 9.11. The summed E-state index contributed by atoms with van der Waals surface area (Å²) >= 11 is 6.89. The smallest absolute Gasteiger partial charge is 0.0976 e. The molecule has 2 nitrogen and oxygen atoms in total. The largest absolute Gasteiger partial charge is 0.330 e. The van der Waals surface area contributed by atoms with Gasteiger partial charge in [0.2, 0.25) is 0 Å². The lowest BCUT2D eigenvalue weighted by molar-refractivity contribution is 0.670. The molecule has 0 aliphatic rings. The van der Waals surface area contributed by atoms with E-state index >= 15 is 0 Å². The Balaban J connectivity index is 2.25. The summed E-state index contributed by atoms with van der Waals surface area (Å²) in [7, 11) is 0. The van der Waals surface area contributed by atoms with Crippen LogP contribution in [0.2, 0.25) is 0 Å². The zero-order valence-corrected chi connectivity index (χ0v) is 12.2. The number of hydrogen-bond acceptors (Lipinski definition) is 4. The molecule has 2 N–H and O–H groups in total. The molecule has 0 aromatic carbocycles. The zero-order valence-electron chi connectivity index (χ0n) is 8.94. The lowest BCUT2D eigenvalue weighted by Gasteiger charge is -2.06. The van der Waals surface area contributed by atoms with Crippen molar-refractivity contribution in [1.82, 2.24) is 4.98 Å². The van der Waals surface area contributed by atoms with E-state index in [2.05, 4.69) is 45.4 Å². The minimum absolute atomic E-state index is 0.405. The Bertz CT molecular complexity index is 460. The van der Waals surface area contributed by atoms with Gasteiger partial charge in [-0.1, -0.05) is 6.92 Å². The number of thiophene rings is 1. The van der Waals surface area contributed by atoms with Gasteiger partial charge in [-0.05, 0) is 34.5 Å². The maximum Gasteiger partial charge on any atom is 0.0976 e. The van der Waals surface area contributed by atoms with Crippen LogP contribution in [0.15, 0.2) is 21.3 Å². The summed E-state index contributed by atoms with van der Waals surface area (Å²) in [6.45, 7) is 2.83. The van der Waals surface area contributed by atoms with Crippen molar-refractivity contribution in [1.29, 1.82) is 0 Å². The van der Waals surface area contributed by atoms with Crippen molar-refractivity contribution in [2.24, 2.45) is 5.73 Å². The van der Waals surface area contributed by atoms with Crippen LogP contribution in [0.4, 0.5) is 0 Å². The molecule has 86 valence electrons. The van der Waals surface area contributed by atoms with Crippen molar-refractivity contribution in [2.45, 2.75) is 19.3 Å². The van der Waals surface area contributed by atoms with Gasteiger partial charge in [0.25, 0.3) is 0 Å². The fraction of sp³-hybridized carbons (Fsp3) is 0.364. The minimum Gasteiger partial charge on any atom is -0.330 e. The van der Waals surface area contributed by atoms with Gasteiger partial charge in [-0.15, -0.1) is 22.7 Å². The van der Waals surface area contributed by atoms with Crippen LogP contribution in [0.1, 0.15) is 24.3 Å². The molecule has 2 aromatic heterocycles. The summed E-state index contributed by atoms with van der Waals surface area (Å²) in [6, 6.07) is 4.15. The molecule has 2 aromatic rings. The molecule has 0 bridgehead atoms. The number of rotatable bonds is 4. The quantitative estimate of drug-likeness (QED) is 0.922. The number of hydrogen-bond donors (Lipinski definition) is 1. The molecule has 0 saturated carbocycles. The molecule has 1 unspecified atom stereocenters. The second-order valence-corrected chi connectivity index (χ2v) is 6.87. The van der Waals surface area contributed by atoms with Crippen LogP contribution >= 0.6 is 38.6 Å². The lowest BCUT2D eigenvalue weighted by Crippen LogP contribution is -2.11. The summed E-state index contributed by atoms with van der Waals surface area (Å²) < 4.78 is 1.14. The second-order valence-electron chi connectivity index (χ2n) is 3.52. The van der Waals surface area contributed by atoms with E-state index in [0.29, 0.717) is 12.5 Å². The van der Waals surface area contributed by atoms with Gasteiger partial charge in [-0.25, -0.2) is 4.98 Å². The first-order valence-electron chi connectivity index (χ1n) is 5.15.